The summed E-state index contributed by atoms with van der Waals surface area (Å²) in [5.74, 6) is 1.53. The van der Waals surface area contributed by atoms with Crippen LogP contribution in [-0.4, -0.2) is 30.7 Å². The number of hydrogen-bond acceptors (Lipinski definition) is 5. The Hall–Kier alpha value is -2.14. The monoisotopic (exact) mass is 273 g/mol. The first kappa shape index (κ1) is 14.3. The molecule has 0 saturated carbocycles. The standard InChI is InChI=1S/C15H19N3O2/c1-4-17-15(11-10-16-8-9-18-11)14-12(19-2)6-5-7-13(14)20-3/h5-10,15,17H,4H2,1-3H3. The van der Waals surface area contributed by atoms with Gasteiger partial charge in [0.1, 0.15) is 11.5 Å². The van der Waals surface area contributed by atoms with Gasteiger partial charge in [-0.3, -0.25) is 9.97 Å². The Kier molecular flexibility index (Phi) is 4.90. The SMILES string of the molecule is CCNC(c1cnccn1)c1c(OC)cccc1OC. The van der Waals surface area contributed by atoms with E-state index in [1.807, 2.05) is 25.1 Å². The van der Waals surface area contributed by atoms with E-state index in [2.05, 4.69) is 15.3 Å². The van der Waals surface area contributed by atoms with Gasteiger partial charge in [-0.2, -0.15) is 0 Å². The molecule has 0 aliphatic carbocycles. The second-order valence-electron chi connectivity index (χ2n) is 4.20. The molecule has 1 aromatic carbocycles. The zero-order chi connectivity index (χ0) is 14.4. The van der Waals surface area contributed by atoms with Gasteiger partial charge in [-0.25, -0.2) is 0 Å². The molecule has 1 unspecified atom stereocenters. The molecule has 0 aliphatic rings. The first-order chi connectivity index (χ1) is 9.81. The van der Waals surface area contributed by atoms with Crippen molar-refractivity contribution in [2.75, 3.05) is 20.8 Å². The van der Waals surface area contributed by atoms with Crippen LogP contribution in [0.25, 0.3) is 0 Å². The molecular weight excluding hydrogens is 254 g/mol. The molecule has 2 aromatic rings. The topological polar surface area (TPSA) is 56.3 Å². The molecule has 1 aromatic heterocycles. The van der Waals surface area contributed by atoms with E-state index in [0.717, 1.165) is 29.3 Å². The third-order valence-corrected chi connectivity index (χ3v) is 3.04. The molecule has 1 heterocycles. The Bertz CT molecular complexity index is 524. The molecule has 1 atom stereocenters. The van der Waals surface area contributed by atoms with Crippen LogP contribution in [0, 0.1) is 0 Å². The van der Waals surface area contributed by atoms with Crippen molar-refractivity contribution in [2.45, 2.75) is 13.0 Å². The van der Waals surface area contributed by atoms with Crippen LogP contribution < -0.4 is 14.8 Å². The molecule has 0 aliphatic heterocycles. The van der Waals surface area contributed by atoms with E-state index in [0.29, 0.717) is 0 Å². The molecule has 0 fully saturated rings. The molecule has 20 heavy (non-hydrogen) atoms. The zero-order valence-electron chi connectivity index (χ0n) is 12.0. The maximum atomic E-state index is 5.47. The molecule has 106 valence electrons. The number of ether oxygens (including phenoxy) is 2. The van der Waals surface area contributed by atoms with Gasteiger partial charge in [0.15, 0.2) is 0 Å². The molecule has 5 heteroatoms. The lowest BCUT2D eigenvalue weighted by atomic mass is 10.0. The number of hydrogen-bond donors (Lipinski definition) is 1. The van der Waals surface area contributed by atoms with Crippen LogP contribution in [0.15, 0.2) is 36.8 Å². The summed E-state index contributed by atoms with van der Waals surface area (Å²) in [6, 6.07) is 5.61. The number of nitrogens with zero attached hydrogens (tertiary/aromatic N) is 2. The molecule has 0 spiro atoms. The van der Waals surface area contributed by atoms with Crippen molar-refractivity contribution >= 4 is 0 Å². The Morgan fingerprint density at radius 3 is 2.35 bits per heavy atom. The van der Waals surface area contributed by atoms with Crippen LogP contribution in [-0.2, 0) is 0 Å². The number of nitrogens with one attached hydrogen (secondary N) is 1. The predicted octanol–water partition coefficient (Wildman–Crippen LogP) is 2.19. The highest BCUT2D eigenvalue weighted by Crippen LogP contribution is 2.36. The Labute approximate surface area is 119 Å². The molecule has 1 N–H and O–H groups in total. The smallest absolute Gasteiger partial charge is 0.127 e. The average molecular weight is 273 g/mol. The number of aromatic nitrogens is 2. The lowest BCUT2D eigenvalue weighted by Crippen LogP contribution is -2.24. The molecule has 2 rings (SSSR count). The summed E-state index contributed by atoms with van der Waals surface area (Å²) in [4.78, 5) is 8.53. The molecule has 5 nitrogen and oxygen atoms in total. The first-order valence-electron chi connectivity index (χ1n) is 6.52. The van der Waals surface area contributed by atoms with Gasteiger partial charge < -0.3 is 14.8 Å². The van der Waals surface area contributed by atoms with Gasteiger partial charge in [-0.15, -0.1) is 0 Å². The van der Waals surface area contributed by atoms with Gasteiger partial charge in [0.2, 0.25) is 0 Å². The van der Waals surface area contributed by atoms with Crippen LogP contribution in [0.4, 0.5) is 0 Å². The zero-order valence-corrected chi connectivity index (χ0v) is 12.0. The maximum Gasteiger partial charge on any atom is 0.127 e. The Morgan fingerprint density at radius 2 is 1.85 bits per heavy atom. The van der Waals surface area contributed by atoms with Crippen molar-refractivity contribution in [1.82, 2.24) is 15.3 Å². The minimum absolute atomic E-state index is 0.125. The fraction of sp³-hybridized carbons (Fsp3) is 0.333. The van der Waals surface area contributed by atoms with Crippen molar-refractivity contribution in [1.29, 1.82) is 0 Å². The van der Waals surface area contributed by atoms with Crippen molar-refractivity contribution in [2.24, 2.45) is 0 Å². The molecule has 0 saturated heterocycles. The normalized spacial score (nSPS) is 11.9. The van der Waals surface area contributed by atoms with E-state index in [1.165, 1.54) is 0 Å². The summed E-state index contributed by atoms with van der Waals surface area (Å²) in [7, 11) is 3.30. The summed E-state index contributed by atoms with van der Waals surface area (Å²) in [6.45, 7) is 2.84. The van der Waals surface area contributed by atoms with Crippen molar-refractivity contribution in [3.63, 3.8) is 0 Å². The minimum Gasteiger partial charge on any atom is -0.496 e. The summed E-state index contributed by atoms with van der Waals surface area (Å²) >= 11 is 0. The number of benzene rings is 1. The third-order valence-electron chi connectivity index (χ3n) is 3.04. The number of rotatable bonds is 6. The maximum absolute atomic E-state index is 5.47. The molecule has 0 radical (unpaired) electrons. The fourth-order valence-electron chi connectivity index (χ4n) is 2.18. The molecule has 0 bridgehead atoms. The second-order valence-corrected chi connectivity index (χ2v) is 4.20. The highest BCUT2D eigenvalue weighted by molar-refractivity contribution is 5.49. The van der Waals surface area contributed by atoms with E-state index in [-0.39, 0.29) is 6.04 Å². The van der Waals surface area contributed by atoms with Gasteiger partial charge in [0, 0.05) is 12.4 Å². The third kappa shape index (κ3) is 2.88. The first-order valence-corrected chi connectivity index (χ1v) is 6.52. The Morgan fingerprint density at radius 1 is 1.15 bits per heavy atom. The van der Waals surface area contributed by atoms with Crippen molar-refractivity contribution < 1.29 is 9.47 Å². The van der Waals surface area contributed by atoms with E-state index < -0.39 is 0 Å². The Balaban J connectivity index is 2.54. The minimum atomic E-state index is -0.125. The van der Waals surface area contributed by atoms with Crippen LogP contribution in [0.3, 0.4) is 0 Å². The summed E-state index contributed by atoms with van der Waals surface area (Å²) in [6.07, 6.45) is 5.09. The van der Waals surface area contributed by atoms with Gasteiger partial charge in [-0.05, 0) is 18.7 Å². The van der Waals surface area contributed by atoms with Gasteiger partial charge in [0.25, 0.3) is 0 Å². The predicted molar refractivity (Wildman–Crippen MR) is 77.1 cm³/mol. The molecule has 0 amide bonds. The van der Waals surface area contributed by atoms with E-state index in [4.69, 9.17) is 9.47 Å². The van der Waals surface area contributed by atoms with Gasteiger partial charge in [0.05, 0.1) is 37.7 Å². The van der Waals surface area contributed by atoms with Crippen molar-refractivity contribution in [3.8, 4) is 11.5 Å². The number of methoxy groups -OCH3 is 2. The summed E-state index contributed by atoms with van der Waals surface area (Å²) in [5.41, 5.74) is 1.76. The largest absolute Gasteiger partial charge is 0.496 e. The van der Waals surface area contributed by atoms with Crippen LogP contribution in [0.1, 0.15) is 24.2 Å². The highest BCUT2D eigenvalue weighted by atomic mass is 16.5. The van der Waals surface area contributed by atoms with E-state index in [1.54, 1.807) is 32.8 Å². The van der Waals surface area contributed by atoms with Crippen LogP contribution in [0.5, 0.6) is 11.5 Å². The van der Waals surface area contributed by atoms with Gasteiger partial charge >= 0.3 is 0 Å². The van der Waals surface area contributed by atoms with Crippen LogP contribution >= 0.6 is 0 Å². The van der Waals surface area contributed by atoms with Gasteiger partial charge in [-0.1, -0.05) is 13.0 Å². The van der Waals surface area contributed by atoms with Crippen LogP contribution in [0.2, 0.25) is 0 Å². The van der Waals surface area contributed by atoms with Crippen molar-refractivity contribution in [3.05, 3.63) is 48.0 Å². The highest BCUT2D eigenvalue weighted by Gasteiger charge is 2.23. The summed E-state index contributed by atoms with van der Waals surface area (Å²) in [5, 5.41) is 3.40. The average Bonchev–Trinajstić information content (AvgIpc) is 2.52. The quantitative estimate of drug-likeness (QED) is 0.874. The van der Waals surface area contributed by atoms with E-state index in [9.17, 15) is 0 Å². The second kappa shape index (κ2) is 6.86. The lowest BCUT2D eigenvalue weighted by molar-refractivity contribution is 0.376. The lowest BCUT2D eigenvalue weighted by Gasteiger charge is -2.22. The molecular formula is C15H19N3O2. The fourth-order valence-corrected chi connectivity index (χ4v) is 2.18. The summed E-state index contributed by atoms with van der Waals surface area (Å²) < 4.78 is 10.9. The van der Waals surface area contributed by atoms with E-state index >= 15 is 0 Å².